The lowest BCUT2D eigenvalue weighted by Crippen LogP contribution is -2.12. The highest BCUT2D eigenvalue weighted by Gasteiger charge is 2.24. The van der Waals surface area contributed by atoms with Crippen LogP contribution in [0.5, 0.6) is 0 Å². The molecule has 1 aromatic rings. The van der Waals surface area contributed by atoms with Crippen molar-refractivity contribution in [2.75, 3.05) is 0 Å². The monoisotopic (exact) mass is 213 g/mol. The van der Waals surface area contributed by atoms with Gasteiger partial charge >= 0.3 is 0 Å². The zero-order chi connectivity index (χ0) is 11.0. The molecule has 0 amide bonds. The molecule has 1 heteroatoms. The van der Waals surface area contributed by atoms with Crippen LogP contribution < -0.4 is 5.73 Å². The quantitative estimate of drug-likeness (QED) is 0.800. The molecule has 0 radical (unpaired) electrons. The van der Waals surface area contributed by atoms with Gasteiger partial charge in [0.05, 0.1) is 0 Å². The second-order valence-corrected chi connectivity index (χ2v) is 5.11. The fourth-order valence-electron chi connectivity index (χ4n) is 2.84. The third-order valence-electron chi connectivity index (χ3n) is 4.01. The SMILES string of the molecule is NC1C=C(c2ccccc2C2CCC2)CC1. The molecule has 2 aliphatic rings. The summed E-state index contributed by atoms with van der Waals surface area (Å²) in [5.41, 5.74) is 10.5. The van der Waals surface area contributed by atoms with Gasteiger partial charge in [0.25, 0.3) is 0 Å². The lowest BCUT2D eigenvalue weighted by Gasteiger charge is -2.28. The molecule has 0 heterocycles. The highest BCUT2D eigenvalue weighted by atomic mass is 14.6. The molecule has 84 valence electrons. The number of hydrogen-bond acceptors (Lipinski definition) is 1. The largest absolute Gasteiger partial charge is 0.324 e. The first-order valence-electron chi connectivity index (χ1n) is 6.40. The fourth-order valence-corrected chi connectivity index (χ4v) is 2.84. The number of nitrogens with two attached hydrogens (primary N) is 1. The van der Waals surface area contributed by atoms with Gasteiger partial charge in [-0.3, -0.25) is 0 Å². The molecule has 1 atom stereocenters. The maximum Gasteiger partial charge on any atom is 0.0232 e. The summed E-state index contributed by atoms with van der Waals surface area (Å²) in [5.74, 6) is 0.814. The molecule has 1 saturated carbocycles. The Balaban J connectivity index is 1.96. The van der Waals surface area contributed by atoms with Crippen LogP contribution in [0, 0.1) is 0 Å². The summed E-state index contributed by atoms with van der Waals surface area (Å²) >= 11 is 0. The molecule has 16 heavy (non-hydrogen) atoms. The van der Waals surface area contributed by atoms with Crippen LogP contribution in [0.2, 0.25) is 0 Å². The molecule has 2 N–H and O–H groups in total. The van der Waals surface area contributed by atoms with Gasteiger partial charge < -0.3 is 5.73 Å². The summed E-state index contributed by atoms with van der Waals surface area (Å²) in [5, 5.41) is 0. The van der Waals surface area contributed by atoms with Gasteiger partial charge in [-0.1, -0.05) is 36.8 Å². The van der Waals surface area contributed by atoms with Crippen molar-refractivity contribution in [3.63, 3.8) is 0 Å². The van der Waals surface area contributed by atoms with Crippen LogP contribution in [0.3, 0.4) is 0 Å². The molecule has 0 bridgehead atoms. The van der Waals surface area contributed by atoms with E-state index in [9.17, 15) is 0 Å². The van der Waals surface area contributed by atoms with E-state index in [1.165, 1.54) is 30.4 Å². The molecule has 0 aromatic heterocycles. The van der Waals surface area contributed by atoms with E-state index >= 15 is 0 Å². The Hall–Kier alpha value is -1.08. The predicted octanol–water partition coefficient (Wildman–Crippen LogP) is 3.46. The van der Waals surface area contributed by atoms with E-state index in [-0.39, 0.29) is 6.04 Å². The van der Waals surface area contributed by atoms with Gasteiger partial charge in [0.15, 0.2) is 0 Å². The molecular weight excluding hydrogens is 194 g/mol. The van der Waals surface area contributed by atoms with Crippen molar-refractivity contribution in [3.05, 3.63) is 41.5 Å². The number of rotatable bonds is 2. The summed E-state index contributed by atoms with van der Waals surface area (Å²) in [6.07, 6.45) is 8.68. The zero-order valence-electron chi connectivity index (χ0n) is 9.65. The Kier molecular flexibility index (Phi) is 2.56. The molecule has 0 spiro atoms. The van der Waals surface area contributed by atoms with Gasteiger partial charge in [-0.15, -0.1) is 0 Å². The van der Waals surface area contributed by atoms with Crippen LogP contribution in [-0.2, 0) is 0 Å². The maximum atomic E-state index is 5.96. The molecule has 1 aromatic carbocycles. The van der Waals surface area contributed by atoms with Crippen molar-refractivity contribution in [2.24, 2.45) is 5.73 Å². The molecule has 1 unspecified atom stereocenters. The fraction of sp³-hybridized carbons (Fsp3) is 0.467. The third kappa shape index (κ3) is 1.69. The van der Waals surface area contributed by atoms with Crippen molar-refractivity contribution in [1.82, 2.24) is 0 Å². The van der Waals surface area contributed by atoms with E-state index in [1.54, 1.807) is 5.56 Å². The zero-order valence-corrected chi connectivity index (χ0v) is 9.65. The topological polar surface area (TPSA) is 26.0 Å². The smallest absolute Gasteiger partial charge is 0.0232 e. The second kappa shape index (κ2) is 4.06. The summed E-state index contributed by atoms with van der Waals surface area (Å²) in [7, 11) is 0. The highest BCUT2D eigenvalue weighted by Crippen LogP contribution is 2.41. The average molecular weight is 213 g/mol. The molecule has 1 fully saturated rings. The van der Waals surface area contributed by atoms with Gasteiger partial charge in [-0.25, -0.2) is 0 Å². The Bertz CT molecular complexity index is 415. The van der Waals surface area contributed by atoms with Crippen LogP contribution in [-0.4, -0.2) is 6.04 Å². The minimum atomic E-state index is 0.282. The highest BCUT2D eigenvalue weighted by molar-refractivity contribution is 5.71. The lowest BCUT2D eigenvalue weighted by molar-refractivity contribution is 0.419. The van der Waals surface area contributed by atoms with Gasteiger partial charge in [0, 0.05) is 6.04 Å². The first kappa shape index (κ1) is 10.1. The van der Waals surface area contributed by atoms with Crippen molar-refractivity contribution in [2.45, 2.75) is 44.1 Å². The van der Waals surface area contributed by atoms with Crippen LogP contribution >= 0.6 is 0 Å². The van der Waals surface area contributed by atoms with Gasteiger partial charge in [-0.05, 0) is 48.3 Å². The van der Waals surface area contributed by atoms with E-state index in [0.717, 1.165) is 18.8 Å². The molecule has 0 aliphatic heterocycles. The Morgan fingerprint density at radius 3 is 2.50 bits per heavy atom. The van der Waals surface area contributed by atoms with E-state index < -0.39 is 0 Å². The molecule has 2 aliphatic carbocycles. The summed E-state index contributed by atoms with van der Waals surface area (Å²) in [6, 6.07) is 9.19. The van der Waals surface area contributed by atoms with Gasteiger partial charge in [-0.2, -0.15) is 0 Å². The first-order valence-corrected chi connectivity index (χ1v) is 6.40. The van der Waals surface area contributed by atoms with E-state index in [4.69, 9.17) is 5.73 Å². The molecule has 1 nitrogen and oxygen atoms in total. The maximum absolute atomic E-state index is 5.96. The Labute approximate surface area is 97.4 Å². The third-order valence-corrected chi connectivity index (χ3v) is 4.01. The average Bonchev–Trinajstić information content (AvgIpc) is 2.63. The van der Waals surface area contributed by atoms with Gasteiger partial charge in [0.2, 0.25) is 0 Å². The molecular formula is C15H19N. The molecule has 3 rings (SSSR count). The van der Waals surface area contributed by atoms with Crippen molar-refractivity contribution in [1.29, 1.82) is 0 Å². The lowest BCUT2D eigenvalue weighted by atomic mass is 9.77. The standard InChI is InChI=1S/C15H19N/c16-13-9-8-12(10-13)15-7-2-1-6-14(15)11-4-3-5-11/h1-2,6-7,10-11,13H,3-5,8-9,16H2. The Morgan fingerprint density at radius 1 is 1.06 bits per heavy atom. The Morgan fingerprint density at radius 2 is 1.88 bits per heavy atom. The predicted molar refractivity (Wildman–Crippen MR) is 68.2 cm³/mol. The minimum Gasteiger partial charge on any atom is -0.324 e. The van der Waals surface area contributed by atoms with Crippen LogP contribution in [0.1, 0.15) is 49.1 Å². The normalized spacial score (nSPS) is 25.3. The van der Waals surface area contributed by atoms with Crippen LogP contribution in [0.15, 0.2) is 30.3 Å². The van der Waals surface area contributed by atoms with Crippen LogP contribution in [0.25, 0.3) is 5.57 Å². The van der Waals surface area contributed by atoms with Crippen molar-refractivity contribution >= 4 is 5.57 Å². The first-order chi connectivity index (χ1) is 7.84. The van der Waals surface area contributed by atoms with Crippen molar-refractivity contribution < 1.29 is 0 Å². The van der Waals surface area contributed by atoms with E-state index in [2.05, 4.69) is 30.3 Å². The summed E-state index contributed by atoms with van der Waals surface area (Å²) in [6.45, 7) is 0. The number of allylic oxidation sites excluding steroid dienone is 1. The minimum absolute atomic E-state index is 0.282. The summed E-state index contributed by atoms with van der Waals surface area (Å²) < 4.78 is 0. The number of benzene rings is 1. The van der Waals surface area contributed by atoms with Crippen LogP contribution in [0.4, 0.5) is 0 Å². The van der Waals surface area contributed by atoms with Gasteiger partial charge in [0.1, 0.15) is 0 Å². The second-order valence-electron chi connectivity index (χ2n) is 5.11. The summed E-state index contributed by atoms with van der Waals surface area (Å²) in [4.78, 5) is 0. The van der Waals surface area contributed by atoms with E-state index in [1.807, 2.05) is 0 Å². The van der Waals surface area contributed by atoms with Crippen molar-refractivity contribution in [3.8, 4) is 0 Å². The van der Waals surface area contributed by atoms with E-state index in [0.29, 0.717) is 0 Å². The number of hydrogen-bond donors (Lipinski definition) is 1. The molecule has 0 saturated heterocycles.